The second kappa shape index (κ2) is 7.62. The van der Waals surface area contributed by atoms with Crippen LogP contribution in [0.1, 0.15) is 5.56 Å². The predicted octanol–water partition coefficient (Wildman–Crippen LogP) is 2.44. The van der Waals surface area contributed by atoms with Crippen molar-refractivity contribution in [3.63, 3.8) is 0 Å². The van der Waals surface area contributed by atoms with Gasteiger partial charge in [-0.05, 0) is 48.9 Å². The van der Waals surface area contributed by atoms with E-state index in [1.54, 1.807) is 19.1 Å². The Kier molecular flexibility index (Phi) is 5.76. The summed E-state index contributed by atoms with van der Waals surface area (Å²) in [6.07, 6.45) is 0. The van der Waals surface area contributed by atoms with Crippen molar-refractivity contribution in [2.45, 2.75) is 11.8 Å². The van der Waals surface area contributed by atoms with E-state index in [0.717, 1.165) is 4.31 Å². The van der Waals surface area contributed by atoms with Gasteiger partial charge < -0.3 is 10.6 Å². The molecule has 0 fully saturated rings. The summed E-state index contributed by atoms with van der Waals surface area (Å²) in [5, 5.41) is 5.50. The Balaban J connectivity index is 2.07. The molecule has 0 heterocycles. The van der Waals surface area contributed by atoms with Crippen LogP contribution in [0.25, 0.3) is 0 Å². The number of carbonyl (C=O) groups excluding carboxylic acids is 1. The minimum absolute atomic E-state index is 0.0325. The molecule has 0 spiro atoms. The second-order valence-electron chi connectivity index (χ2n) is 5.68. The van der Waals surface area contributed by atoms with Crippen molar-refractivity contribution in [3.8, 4) is 0 Å². The number of nitrogens with zero attached hydrogens (tertiary/aromatic N) is 1. The number of rotatable bonds is 6. The number of hydrogen-bond donors (Lipinski definition) is 2. The number of sulfonamides is 1. The van der Waals surface area contributed by atoms with Crippen LogP contribution in [0, 0.1) is 12.7 Å². The van der Waals surface area contributed by atoms with Crippen LogP contribution in [0.3, 0.4) is 0 Å². The van der Waals surface area contributed by atoms with E-state index in [0.29, 0.717) is 16.9 Å². The van der Waals surface area contributed by atoms with Gasteiger partial charge in [-0.1, -0.05) is 6.07 Å². The molecular weight excluding hydrogens is 345 g/mol. The summed E-state index contributed by atoms with van der Waals surface area (Å²) in [6.45, 7) is 1.66. The Hall–Kier alpha value is -2.45. The van der Waals surface area contributed by atoms with Crippen LogP contribution in [0.2, 0.25) is 0 Å². The highest BCUT2D eigenvalue weighted by Gasteiger charge is 2.20. The third-order valence-electron chi connectivity index (χ3n) is 3.53. The SMILES string of the molecule is Cc1ccc(NC(=O)CNc2ccc(F)cc2)cc1S(=O)(=O)N(C)C. The number of carbonyl (C=O) groups is 1. The molecule has 2 rings (SSSR count). The lowest BCUT2D eigenvalue weighted by atomic mass is 10.2. The third-order valence-corrected chi connectivity index (χ3v) is 5.48. The number of anilines is 2. The quantitative estimate of drug-likeness (QED) is 0.824. The van der Waals surface area contributed by atoms with Gasteiger partial charge in [-0.3, -0.25) is 4.79 Å². The van der Waals surface area contributed by atoms with Crippen molar-refractivity contribution in [2.24, 2.45) is 0 Å². The van der Waals surface area contributed by atoms with Crippen molar-refractivity contribution in [3.05, 3.63) is 53.8 Å². The highest BCUT2D eigenvalue weighted by Crippen LogP contribution is 2.22. The average molecular weight is 365 g/mol. The van der Waals surface area contributed by atoms with Crippen LogP contribution >= 0.6 is 0 Å². The average Bonchev–Trinajstić information content (AvgIpc) is 2.56. The molecule has 1 amide bonds. The van der Waals surface area contributed by atoms with Crippen molar-refractivity contribution < 1.29 is 17.6 Å². The molecule has 2 aromatic rings. The molecule has 8 heteroatoms. The number of nitrogens with one attached hydrogen (secondary N) is 2. The third kappa shape index (κ3) is 4.77. The summed E-state index contributed by atoms with van der Waals surface area (Å²) >= 11 is 0. The molecule has 0 atom stereocenters. The monoisotopic (exact) mass is 365 g/mol. The van der Waals surface area contributed by atoms with Gasteiger partial charge in [0.1, 0.15) is 5.82 Å². The van der Waals surface area contributed by atoms with E-state index < -0.39 is 10.0 Å². The minimum atomic E-state index is -3.59. The number of amides is 1. The van der Waals surface area contributed by atoms with Crippen molar-refractivity contribution in [1.29, 1.82) is 0 Å². The standard InChI is InChI=1S/C17H20FN3O3S/c1-12-4-7-15(10-16(12)25(23,24)21(2)3)20-17(22)11-19-14-8-5-13(18)6-9-14/h4-10,19H,11H2,1-3H3,(H,20,22). The molecular formula is C17H20FN3O3S. The van der Waals surface area contributed by atoms with Gasteiger partial charge in [0, 0.05) is 25.5 Å². The molecule has 25 heavy (non-hydrogen) atoms. The second-order valence-corrected chi connectivity index (χ2v) is 7.80. The number of aryl methyl sites for hydroxylation is 1. The van der Waals surface area contributed by atoms with E-state index in [4.69, 9.17) is 0 Å². The van der Waals surface area contributed by atoms with Crippen LogP contribution in [-0.4, -0.2) is 39.3 Å². The number of benzene rings is 2. The normalized spacial score (nSPS) is 11.4. The maximum atomic E-state index is 12.8. The summed E-state index contributed by atoms with van der Waals surface area (Å²) in [4.78, 5) is 12.2. The maximum absolute atomic E-state index is 12.8. The van der Waals surface area contributed by atoms with E-state index in [1.807, 2.05) is 0 Å². The highest BCUT2D eigenvalue weighted by molar-refractivity contribution is 7.89. The molecule has 6 nitrogen and oxygen atoms in total. The first-order chi connectivity index (χ1) is 11.7. The fourth-order valence-electron chi connectivity index (χ4n) is 2.11. The van der Waals surface area contributed by atoms with Gasteiger partial charge in [-0.15, -0.1) is 0 Å². The van der Waals surface area contributed by atoms with Crippen LogP contribution < -0.4 is 10.6 Å². The largest absolute Gasteiger partial charge is 0.376 e. The first-order valence-corrected chi connectivity index (χ1v) is 8.96. The van der Waals surface area contributed by atoms with Crippen LogP contribution in [0.15, 0.2) is 47.4 Å². The molecule has 2 N–H and O–H groups in total. The predicted molar refractivity (Wildman–Crippen MR) is 95.6 cm³/mol. The Morgan fingerprint density at radius 2 is 1.68 bits per heavy atom. The zero-order valence-electron chi connectivity index (χ0n) is 14.2. The van der Waals surface area contributed by atoms with Gasteiger partial charge >= 0.3 is 0 Å². The van der Waals surface area contributed by atoms with Crippen molar-refractivity contribution >= 4 is 27.3 Å². The van der Waals surface area contributed by atoms with E-state index in [-0.39, 0.29) is 23.2 Å². The fourth-order valence-corrected chi connectivity index (χ4v) is 3.25. The van der Waals surface area contributed by atoms with E-state index in [2.05, 4.69) is 10.6 Å². The number of hydrogen-bond acceptors (Lipinski definition) is 4. The van der Waals surface area contributed by atoms with Gasteiger partial charge in [-0.2, -0.15) is 0 Å². The Morgan fingerprint density at radius 1 is 1.08 bits per heavy atom. The lowest BCUT2D eigenvalue weighted by Crippen LogP contribution is -2.24. The molecule has 0 aliphatic rings. The van der Waals surface area contributed by atoms with Gasteiger partial charge in [0.25, 0.3) is 0 Å². The first-order valence-electron chi connectivity index (χ1n) is 7.52. The van der Waals surface area contributed by atoms with Crippen molar-refractivity contribution in [2.75, 3.05) is 31.3 Å². The van der Waals surface area contributed by atoms with Crippen molar-refractivity contribution in [1.82, 2.24) is 4.31 Å². The van der Waals surface area contributed by atoms with Gasteiger partial charge in [0.2, 0.25) is 15.9 Å². The van der Waals surface area contributed by atoms with E-state index in [1.165, 1.54) is 44.4 Å². The summed E-state index contributed by atoms with van der Waals surface area (Å²) < 4.78 is 38.6. The smallest absolute Gasteiger partial charge is 0.243 e. The minimum Gasteiger partial charge on any atom is -0.376 e. The summed E-state index contributed by atoms with van der Waals surface area (Å²) in [7, 11) is -0.692. The summed E-state index contributed by atoms with van der Waals surface area (Å²) in [5.41, 5.74) is 1.59. The molecule has 0 aliphatic heterocycles. The van der Waals surface area contributed by atoms with Crippen LogP contribution in [-0.2, 0) is 14.8 Å². The van der Waals surface area contributed by atoms with E-state index >= 15 is 0 Å². The Morgan fingerprint density at radius 3 is 2.28 bits per heavy atom. The summed E-state index contributed by atoms with van der Waals surface area (Å²) in [5.74, 6) is -0.703. The van der Waals surface area contributed by atoms with Crippen LogP contribution in [0.4, 0.5) is 15.8 Å². The molecule has 2 aromatic carbocycles. The first kappa shape index (κ1) is 18.9. The molecule has 0 aromatic heterocycles. The highest BCUT2D eigenvalue weighted by atomic mass is 32.2. The fraction of sp³-hybridized carbons (Fsp3) is 0.235. The number of halogens is 1. The maximum Gasteiger partial charge on any atom is 0.243 e. The summed E-state index contributed by atoms with van der Waals surface area (Å²) in [6, 6.07) is 10.3. The molecule has 0 radical (unpaired) electrons. The Labute approximate surface area is 146 Å². The Bertz CT molecular complexity index is 865. The van der Waals surface area contributed by atoms with E-state index in [9.17, 15) is 17.6 Å². The molecule has 0 saturated carbocycles. The zero-order valence-corrected chi connectivity index (χ0v) is 15.0. The van der Waals surface area contributed by atoms with Gasteiger partial charge in [-0.25, -0.2) is 17.1 Å². The van der Waals surface area contributed by atoms with Gasteiger partial charge in [0.15, 0.2) is 0 Å². The topological polar surface area (TPSA) is 78.5 Å². The lowest BCUT2D eigenvalue weighted by Gasteiger charge is -2.15. The molecule has 0 aliphatic carbocycles. The van der Waals surface area contributed by atoms with Crippen LogP contribution in [0.5, 0.6) is 0 Å². The zero-order chi connectivity index (χ0) is 18.6. The molecule has 0 saturated heterocycles. The lowest BCUT2D eigenvalue weighted by molar-refractivity contribution is -0.114. The molecule has 0 unspecified atom stereocenters. The van der Waals surface area contributed by atoms with Gasteiger partial charge in [0.05, 0.1) is 11.4 Å². The molecule has 0 bridgehead atoms. The molecule has 134 valence electrons.